The van der Waals surface area contributed by atoms with Gasteiger partial charge in [-0.25, -0.2) is 14.6 Å². The molecule has 6 heteroatoms. The number of hydrogen-bond acceptors (Lipinski definition) is 6. The number of fused-ring (bicyclic) bond motifs is 2. The number of ether oxygens (including phenoxy) is 2. The third-order valence-electron chi connectivity index (χ3n) is 4.59. The lowest BCUT2D eigenvalue weighted by Crippen LogP contribution is -2.13. The number of carbonyl (C=O) groups is 1. The lowest BCUT2D eigenvalue weighted by Gasteiger charge is -2.14. The van der Waals surface area contributed by atoms with Crippen molar-refractivity contribution in [1.82, 2.24) is 4.98 Å². The minimum atomic E-state index is -0.459. The molecule has 4 aromatic rings. The molecule has 0 bridgehead atoms. The smallest absolute Gasteiger partial charge is 0.340 e. The van der Waals surface area contributed by atoms with E-state index in [9.17, 15) is 9.59 Å². The highest BCUT2D eigenvalue weighted by molar-refractivity contribution is 5.98. The Bertz CT molecular complexity index is 1260. The topological polar surface area (TPSA) is 78.6 Å². The summed E-state index contributed by atoms with van der Waals surface area (Å²) < 4.78 is 16.0. The van der Waals surface area contributed by atoms with E-state index >= 15 is 0 Å². The molecule has 2 heterocycles. The average molecular weight is 375 g/mol. The molecule has 0 fully saturated rings. The SMILES string of the molecule is COC(=O)c1c(COc2ccc3ccc(=O)oc3c2)nc2ccccc2c1C. The van der Waals surface area contributed by atoms with Crippen molar-refractivity contribution in [1.29, 1.82) is 0 Å². The van der Waals surface area contributed by atoms with Gasteiger partial charge in [-0.15, -0.1) is 0 Å². The third-order valence-corrected chi connectivity index (χ3v) is 4.59. The van der Waals surface area contributed by atoms with Crippen LogP contribution in [0.1, 0.15) is 21.6 Å². The van der Waals surface area contributed by atoms with Gasteiger partial charge in [0.25, 0.3) is 0 Å². The van der Waals surface area contributed by atoms with Gasteiger partial charge in [0.1, 0.15) is 17.9 Å². The van der Waals surface area contributed by atoms with Gasteiger partial charge in [0, 0.05) is 22.9 Å². The number of hydrogen-bond donors (Lipinski definition) is 0. The van der Waals surface area contributed by atoms with Crippen LogP contribution in [-0.2, 0) is 11.3 Å². The maximum Gasteiger partial charge on any atom is 0.340 e. The molecule has 2 aromatic heterocycles. The van der Waals surface area contributed by atoms with Crippen LogP contribution in [-0.4, -0.2) is 18.1 Å². The fraction of sp³-hybridized carbons (Fsp3) is 0.136. The Kier molecular flexibility index (Phi) is 4.53. The fourth-order valence-electron chi connectivity index (χ4n) is 3.20. The molecular formula is C22H17NO5. The summed E-state index contributed by atoms with van der Waals surface area (Å²) in [6.07, 6.45) is 0. The van der Waals surface area contributed by atoms with Crippen molar-refractivity contribution in [3.63, 3.8) is 0 Å². The van der Waals surface area contributed by atoms with E-state index in [0.717, 1.165) is 21.9 Å². The van der Waals surface area contributed by atoms with Crippen LogP contribution < -0.4 is 10.4 Å². The summed E-state index contributed by atoms with van der Waals surface area (Å²) in [7, 11) is 1.34. The van der Waals surface area contributed by atoms with Gasteiger partial charge in [0.15, 0.2) is 0 Å². The number of esters is 1. The minimum Gasteiger partial charge on any atom is -0.487 e. The van der Waals surface area contributed by atoms with E-state index in [1.807, 2.05) is 31.2 Å². The molecule has 0 atom stereocenters. The molecule has 0 aliphatic rings. The zero-order valence-corrected chi connectivity index (χ0v) is 15.4. The van der Waals surface area contributed by atoms with Crippen LogP contribution in [0.2, 0.25) is 0 Å². The summed E-state index contributed by atoms with van der Waals surface area (Å²) >= 11 is 0. The number of aryl methyl sites for hydroxylation is 1. The molecule has 6 nitrogen and oxygen atoms in total. The summed E-state index contributed by atoms with van der Waals surface area (Å²) in [6, 6.07) is 15.9. The Morgan fingerprint density at radius 2 is 1.89 bits per heavy atom. The Morgan fingerprint density at radius 1 is 1.11 bits per heavy atom. The van der Waals surface area contributed by atoms with Gasteiger partial charge in [-0.05, 0) is 36.8 Å². The summed E-state index contributed by atoms with van der Waals surface area (Å²) in [5.74, 6) is 0.0455. The summed E-state index contributed by atoms with van der Waals surface area (Å²) in [4.78, 5) is 28.4. The number of aromatic nitrogens is 1. The Hall–Kier alpha value is -3.67. The predicted molar refractivity (Wildman–Crippen MR) is 105 cm³/mol. The van der Waals surface area contributed by atoms with Crippen molar-refractivity contribution in [3.8, 4) is 5.75 Å². The molecule has 0 N–H and O–H groups in total. The van der Waals surface area contributed by atoms with E-state index in [-0.39, 0.29) is 6.61 Å². The number of carbonyl (C=O) groups excluding carboxylic acids is 1. The van der Waals surface area contributed by atoms with Crippen molar-refractivity contribution >= 4 is 27.8 Å². The van der Waals surface area contributed by atoms with E-state index in [1.54, 1.807) is 24.3 Å². The third kappa shape index (κ3) is 3.20. The molecule has 0 radical (unpaired) electrons. The molecule has 0 saturated heterocycles. The highest BCUT2D eigenvalue weighted by Gasteiger charge is 2.19. The second-order valence-corrected chi connectivity index (χ2v) is 6.31. The highest BCUT2D eigenvalue weighted by atomic mass is 16.5. The number of nitrogens with zero attached hydrogens (tertiary/aromatic N) is 1. The van der Waals surface area contributed by atoms with Crippen LogP contribution in [0.25, 0.3) is 21.9 Å². The first kappa shape index (κ1) is 17.7. The minimum absolute atomic E-state index is 0.0681. The van der Waals surface area contributed by atoms with Gasteiger partial charge in [-0.3, -0.25) is 0 Å². The number of methoxy groups -OCH3 is 1. The standard InChI is InChI=1S/C22H17NO5/c1-13-16-5-3-4-6-17(16)23-18(21(13)22(25)26-2)12-27-15-9-7-14-8-10-20(24)28-19(14)11-15/h3-11H,12H2,1-2H3. The molecule has 0 spiro atoms. The van der Waals surface area contributed by atoms with Crippen molar-refractivity contribution in [2.24, 2.45) is 0 Å². The van der Waals surface area contributed by atoms with Crippen LogP contribution in [0.5, 0.6) is 5.75 Å². The monoisotopic (exact) mass is 375 g/mol. The van der Waals surface area contributed by atoms with Gasteiger partial charge in [0.2, 0.25) is 0 Å². The van der Waals surface area contributed by atoms with Crippen LogP contribution in [0.15, 0.2) is 63.8 Å². The van der Waals surface area contributed by atoms with Crippen LogP contribution >= 0.6 is 0 Å². The van der Waals surface area contributed by atoms with E-state index < -0.39 is 11.6 Å². The maximum absolute atomic E-state index is 12.4. The lowest BCUT2D eigenvalue weighted by atomic mass is 10.0. The molecule has 140 valence electrons. The highest BCUT2D eigenvalue weighted by Crippen LogP contribution is 2.25. The molecule has 2 aromatic carbocycles. The zero-order valence-electron chi connectivity index (χ0n) is 15.4. The summed E-state index contributed by atoms with van der Waals surface area (Å²) in [6.45, 7) is 1.93. The van der Waals surface area contributed by atoms with Crippen LogP contribution in [0, 0.1) is 6.92 Å². The van der Waals surface area contributed by atoms with E-state index in [1.165, 1.54) is 13.2 Å². The number of pyridine rings is 1. The quantitative estimate of drug-likeness (QED) is 0.396. The Balaban J connectivity index is 1.73. The van der Waals surface area contributed by atoms with Crippen LogP contribution in [0.4, 0.5) is 0 Å². The lowest BCUT2D eigenvalue weighted by molar-refractivity contribution is 0.0596. The second-order valence-electron chi connectivity index (χ2n) is 6.31. The summed E-state index contributed by atoms with van der Waals surface area (Å²) in [5, 5.41) is 1.68. The fourth-order valence-corrected chi connectivity index (χ4v) is 3.20. The van der Waals surface area contributed by atoms with E-state index in [0.29, 0.717) is 22.6 Å². The normalized spacial score (nSPS) is 10.9. The molecule has 4 rings (SSSR count). The largest absolute Gasteiger partial charge is 0.487 e. The average Bonchev–Trinajstić information content (AvgIpc) is 2.71. The van der Waals surface area contributed by atoms with Gasteiger partial charge in [-0.1, -0.05) is 18.2 Å². The van der Waals surface area contributed by atoms with E-state index in [2.05, 4.69) is 4.98 Å². The summed E-state index contributed by atoms with van der Waals surface area (Å²) in [5.41, 5.74) is 2.45. The van der Waals surface area contributed by atoms with Crippen molar-refractivity contribution in [3.05, 3.63) is 81.8 Å². The van der Waals surface area contributed by atoms with Crippen molar-refractivity contribution in [2.75, 3.05) is 7.11 Å². The molecule has 0 unspecified atom stereocenters. The maximum atomic E-state index is 12.4. The number of benzene rings is 2. The number of rotatable bonds is 4. The zero-order chi connectivity index (χ0) is 19.7. The molecule has 0 aliphatic heterocycles. The van der Waals surface area contributed by atoms with Crippen molar-refractivity contribution in [2.45, 2.75) is 13.5 Å². The van der Waals surface area contributed by atoms with Crippen molar-refractivity contribution < 1.29 is 18.7 Å². The molecular weight excluding hydrogens is 358 g/mol. The van der Waals surface area contributed by atoms with E-state index in [4.69, 9.17) is 13.9 Å². The Morgan fingerprint density at radius 3 is 2.71 bits per heavy atom. The molecule has 0 saturated carbocycles. The Labute approximate surface area is 160 Å². The molecule has 0 amide bonds. The molecule has 0 aliphatic carbocycles. The van der Waals surface area contributed by atoms with Gasteiger partial charge in [-0.2, -0.15) is 0 Å². The van der Waals surface area contributed by atoms with Gasteiger partial charge < -0.3 is 13.9 Å². The second kappa shape index (κ2) is 7.15. The number of para-hydroxylation sites is 1. The molecule has 28 heavy (non-hydrogen) atoms. The van der Waals surface area contributed by atoms with Gasteiger partial charge in [0.05, 0.1) is 23.9 Å². The first-order valence-electron chi connectivity index (χ1n) is 8.70. The predicted octanol–water partition coefficient (Wildman–Crippen LogP) is 4.02. The van der Waals surface area contributed by atoms with Crippen LogP contribution in [0.3, 0.4) is 0 Å². The first-order valence-corrected chi connectivity index (χ1v) is 8.70. The van der Waals surface area contributed by atoms with Gasteiger partial charge >= 0.3 is 11.6 Å². The first-order chi connectivity index (χ1) is 13.6.